The number of hydrogen-bond donors (Lipinski definition) is 3. The van der Waals surface area contributed by atoms with Gasteiger partial charge in [0, 0.05) is 30.1 Å². The number of anilines is 1. The van der Waals surface area contributed by atoms with Crippen molar-refractivity contribution in [2.75, 3.05) is 12.4 Å². The first kappa shape index (κ1) is 14.5. The molecule has 0 heterocycles. The van der Waals surface area contributed by atoms with Crippen LogP contribution in [0.4, 0.5) is 5.69 Å². The molecule has 0 radical (unpaired) electrons. The minimum Gasteiger partial charge on any atom is -0.388 e. The molecule has 0 spiro atoms. The second kappa shape index (κ2) is 6.00. The highest BCUT2D eigenvalue weighted by atomic mass is 16.2. The van der Waals surface area contributed by atoms with Crippen molar-refractivity contribution in [3.05, 3.63) is 53.6 Å². The van der Waals surface area contributed by atoms with E-state index in [0.717, 1.165) is 22.4 Å². The maximum absolute atomic E-state index is 11.5. The van der Waals surface area contributed by atoms with E-state index in [2.05, 4.69) is 5.32 Å². The lowest BCUT2D eigenvalue weighted by Crippen LogP contribution is -2.22. The molecule has 0 aromatic heterocycles. The Morgan fingerprint density at radius 3 is 2.24 bits per heavy atom. The standard InChI is InChI=1S/C16H15N3O2/c1-19-14-7-6-12(8-13(14)9-17)10-2-4-11(5-3-10)15(20)16(18)21/h2-9,17,19H,1H3,(H2,18,21). The van der Waals surface area contributed by atoms with E-state index in [1.807, 2.05) is 18.2 Å². The Morgan fingerprint density at radius 1 is 1.10 bits per heavy atom. The number of nitrogens with two attached hydrogens (primary N) is 1. The van der Waals surface area contributed by atoms with Crippen LogP contribution in [0.1, 0.15) is 15.9 Å². The van der Waals surface area contributed by atoms with Crippen molar-refractivity contribution >= 4 is 23.6 Å². The minimum absolute atomic E-state index is 0.269. The van der Waals surface area contributed by atoms with Gasteiger partial charge in [-0.1, -0.05) is 30.3 Å². The predicted octanol–water partition coefficient (Wildman–Crippen LogP) is 2.06. The number of carbonyl (C=O) groups is 2. The lowest BCUT2D eigenvalue weighted by atomic mass is 10.00. The zero-order valence-corrected chi connectivity index (χ0v) is 11.5. The van der Waals surface area contributed by atoms with Gasteiger partial charge in [-0.25, -0.2) is 0 Å². The molecule has 0 fully saturated rings. The van der Waals surface area contributed by atoms with Gasteiger partial charge in [0.15, 0.2) is 0 Å². The third-order valence-electron chi connectivity index (χ3n) is 3.18. The maximum Gasteiger partial charge on any atom is 0.289 e. The predicted molar refractivity (Wildman–Crippen MR) is 82.8 cm³/mol. The van der Waals surface area contributed by atoms with Crippen LogP contribution >= 0.6 is 0 Å². The van der Waals surface area contributed by atoms with Crippen LogP contribution in [-0.2, 0) is 4.79 Å². The van der Waals surface area contributed by atoms with Crippen molar-refractivity contribution in [3.8, 4) is 11.1 Å². The zero-order valence-electron chi connectivity index (χ0n) is 11.5. The lowest BCUT2D eigenvalue weighted by molar-refractivity contribution is -0.114. The molecule has 0 unspecified atom stereocenters. The Labute approximate surface area is 122 Å². The summed E-state index contributed by atoms with van der Waals surface area (Å²) in [7, 11) is 1.80. The third-order valence-corrected chi connectivity index (χ3v) is 3.18. The number of rotatable bonds is 5. The van der Waals surface area contributed by atoms with Gasteiger partial charge in [0.25, 0.3) is 5.91 Å². The van der Waals surface area contributed by atoms with Crippen molar-refractivity contribution < 1.29 is 9.59 Å². The largest absolute Gasteiger partial charge is 0.388 e. The first-order valence-corrected chi connectivity index (χ1v) is 6.33. The highest BCUT2D eigenvalue weighted by Crippen LogP contribution is 2.24. The quantitative estimate of drug-likeness (QED) is 0.444. The zero-order chi connectivity index (χ0) is 15.4. The Morgan fingerprint density at radius 2 is 1.71 bits per heavy atom. The van der Waals surface area contributed by atoms with Gasteiger partial charge in [0.05, 0.1) is 0 Å². The van der Waals surface area contributed by atoms with Crippen molar-refractivity contribution in [3.63, 3.8) is 0 Å². The van der Waals surface area contributed by atoms with E-state index in [4.69, 9.17) is 11.1 Å². The van der Waals surface area contributed by atoms with Gasteiger partial charge in [-0.15, -0.1) is 0 Å². The molecule has 106 valence electrons. The van der Waals surface area contributed by atoms with E-state index in [0.29, 0.717) is 0 Å². The van der Waals surface area contributed by atoms with E-state index in [-0.39, 0.29) is 5.56 Å². The molecule has 21 heavy (non-hydrogen) atoms. The molecule has 1 amide bonds. The molecular formula is C16H15N3O2. The molecule has 0 saturated carbocycles. The molecule has 5 nitrogen and oxygen atoms in total. The van der Waals surface area contributed by atoms with E-state index in [1.165, 1.54) is 6.21 Å². The van der Waals surface area contributed by atoms with Gasteiger partial charge in [-0.2, -0.15) is 0 Å². The van der Waals surface area contributed by atoms with Crippen molar-refractivity contribution in [1.29, 1.82) is 5.41 Å². The second-order valence-electron chi connectivity index (χ2n) is 4.47. The van der Waals surface area contributed by atoms with Gasteiger partial charge < -0.3 is 16.5 Å². The number of benzene rings is 2. The molecule has 0 bridgehead atoms. The molecule has 2 aromatic carbocycles. The Balaban J connectivity index is 2.37. The number of ketones is 1. The van der Waals surface area contributed by atoms with E-state index < -0.39 is 11.7 Å². The minimum atomic E-state index is -0.966. The summed E-state index contributed by atoms with van der Waals surface area (Å²) in [6.45, 7) is 0. The summed E-state index contributed by atoms with van der Waals surface area (Å²) in [5, 5.41) is 10.4. The van der Waals surface area contributed by atoms with E-state index >= 15 is 0 Å². The average Bonchev–Trinajstić information content (AvgIpc) is 2.53. The second-order valence-corrected chi connectivity index (χ2v) is 4.47. The van der Waals surface area contributed by atoms with Gasteiger partial charge in [-0.05, 0) is 23.3 Å². The van der Waals surface area contributed by atoms with E-state index in [1.54, 1.807) is 31.3 Å². The van der Waals surface area contributed by atoms with Crippen molar-refractivity contribution in [2.45, 2.75) is 0 Å². The summed E-state index contributed by atoms with van der Waals surface area (Å²) in [5.74, 6) is -1.67. The highest BCUT2D eigenvalue weighted by molar-refractivity contribution is 6.42. The fourth-order valence-corrected chi connectivity index (χ4v) is 2.05. The van der Waals surface area contributed by atoms with Gasteiger partial charge in [-0.3, -0.25) is 9.59 Å². The summed E-state index contributed by atoms with van der Waals surface area (Å²) in [5.41, 5.74) is 8.69. The molecule has 0 aliphatic carbocycles. The molecule has 2 rings (SSSR count). The molecule has 0 aliphatic rings. The molecule has 0 aliphatic heterocycles. The van der Waals surface area contributed by atoms with E-state index in [9.17, 15) is 9.59 Å². The van der Waals surface area contributed by atoms with Crippen LogP contribution in [0.3, 0.4) is 0 Å². The summed E-state index contributed by atoms with van der Waals surface area (Å²) < 4.78 is 0. The Kier molecular flexibility index (Phi) is 4.13. The summed E-state index contributed by atoms with van der Waals surface area (Å²) in [6, 6.07) is 12.3. The van der Waals surface area contributed by atoms with Crippen LogP contribution in [0.25, 0.3) is 11.1 Å². The number of nitrogens with one attached hydrogen (secondary N) is 2. The van der Waals surface area contributed by atoms with Crippen LogP contribution in [0.15, 0.2) is 42.5 Å². The van der Waals surface area contributed by atoms with Crippen molar-refractivity contribution in [2.24, 2.45) is 5.73 Å². The molecule has 0 atom stereocenters. The number of primary amides is 1. The van der Waals surface area contributed by atoms with Crippen LogP contribution in [0.5, 0.6) is 0 Å². The van der Waals surface area contributed by atoms with Crippen molar-refractivity contribution in [1.82, 2.24) is 0 Å². The Hall–Kier alpha value is -2.95. The van der Waals surface area contributed by atoms with Crippen LogP contribution in [0.2, 0.25) is 0 Å². The number of amides is 1. The highest BCUT2D eigenvalue weighted by Gasteiger charge is 2.12. The topological polar surface area (TPSA) is 96.0 Å². The molecule has 4 N–H and O–H groups in total. The van der Waals surface area contributed by atoms with Crippen LogP contribution in [-0.4, -0.2) is 25.0 Å². The Bertz CT molecular complexity index is 706. The van der Waals surface area contributed by atoms with Crippen LogP contribution < -0.4 is 11.1 Å². The lowest BCUT2D eigenvalue weighted by Gasteiger charge is -2.08. The third kappa shape index (κ3) is 2.97. The average molecular weight is 281 g/mol. The molecule has 2 aromatic rings. The maximum atomic E-state index is 11.5. The first-order chi connectivity index (χ1) is 10.1. The summed E-state index contributed by atoms with van der Waals surface area (Å²) in [6.07, 6.45) is 1.28. The summed E-state index contributed by atoms with van der Waals surface area (Å²) >= 11 is 0. The molecular weight excluding hydrogens is 266 g/mol. The van der Waals surface area contributed by atoms with Crippen LogP contribution in [0, 0.1) is 5.41 Å². The molecule has 5 heteroatoms. The van der Waals surface area contributed by atoms with Gasteiger partial charge in [0.1, 0.15) is 0 Å². The SMILES string of the molecule is CNc1ccc(-c2ccc(C(=O)C(N)=O)cc2)cc1C=N. The van der Waals surface area contributed by atoms with Gasteiger partial charge >= 0.3 is 0 Å². The monoisotopic (exact) mass is 281 g/mol. The smallest absolute Gasteiger partial charge is 0.289 e. The number of Topliss-reactive ketones (excluding diaryl/α,β-unsaturated/α-hetero) is 1. The number of hydrogen-bond acceptors (Lipinski definition) is 4. The van der Waals surface area contributed by atoms with Gasteiger partial charge in [0.2, 0.25) is 5.78 Å². The molecule has 0 saturated heterocycles. The number of carbonyl (C=O) groups excluding carboxylic acids is 2. The summed E-state index contributed by atoms with van der Waals surface area (Å²) in [4.78, 5) is 22.3. The fourth-order valence-electron chi connectivity index (χ4n) is 2.05. The fraction of sp³-hybridized carbons (Fsp3) is 0.0625. The normalized spacial score (nSPS) is 9.95. The first-order valence-electron chi connectivity index (χ1n) is 6.33.